The van der Waals surface area contributed by atoms with Crippen molar-refractivity contribution in [2.24, 2.45) is 5.73 Å². The van der Waals surface area contributed by atoms with Gasteiger partial charge < -0.3 is 10.3 Å². The maximum absolute atomic E-state index is 6.39. The van der Waals surface area contributed by atoms with E-state index in [-0.39, 0.29) is 12.4 Å². The van der Waals surface area contributed by atoms with Crippen LogP contribution in [-0.4, -0.2) is 24.9 Å². The lowest BCUT2D eigenvalue weighted by molar-refractivity contribution is 0.372. The van der Waals surface area contributed by atoms with E-state index in [1.165, 1.54) is 6.33 Å². The van der Waals surface area contributed by atoms with Gasteiger partial charge in [-0.25, -0.2) is 9.67 Å². The number of aryl methyl sites for hydroxylation is 1. The largest absolute Gasteiger partial charge is 0.334 e. The standard InChI is InChI=1S/C16H18N6O.ClH/c1-11-8-12(22-10-18-9-19-22)4-5-13(11)14-20-15(21-23-14)16(17)6-2-3-7-16;/h4-5,8-10H,2-3,6-7,17H2,1H3;1H. The third-order valence-electron chi connectivity index (χ3n) is 4.49. The van der Waals surface area contributed by atoms with E-state index < -0.39 is 5.54 Å². The fraction of sp³-hybridized carbons (Fsp3) is 0.375. The lowest BCUT2D eigenvalue weighted by atomic mass is 9.98. The molecule has 0 saturated heterocycles. The van der Waals surface area contributed by atoms with Crippen LogP contribution >= 0.6 is 12.4 Å². The van der Waals surface area contributed by atoms with Gasteiger partial charge in [0.1, 0.15) is 12.7 Å². The summed E-state index contributed by atoms with van der Waals surface area (Å²) in [6, 6.07) is 5.93. The first-order valence-corrected chi connectivity index (χ1v) is 7.75. The third kappa shape index (κ3) is 2.81. The van der Waals surface area contributed by atoms with E-state index in [4.69, 9.17) is 10.3 Å². The summed E-state index contributed by atoms with van der Waals surface area (Å²) in [5, 5.41) is 8.25. The smallest absolute Gasteiger partial charge is 0.258 e. The van der Waals surface area contributed by atoms with Crippen molar-refractivity contribution in [2.45, 2.75) is 38.1 Å². The lowest BCUT2D eigenvalue weighted by Crippen LogP contribution is -2.34. The molecule has 24 heavy (non-hydrogen) atoms. The van der Waals surface area contributed by atoms with Crippen LogP contribution in [0.15, 0.2) is 35.4 Å². The molecule has 0 aliphatic heterocycles. The summed E-state index contributed by atoms with van der Waals surface area (Å²) in [5.41, 5.74) is 8.84. The highest BCUT2D eigenvalue weighted by Crippen LogP contribution is 2.35. The Hall–Kier alpha value is -2.25. The topological polar surface area (TPSA) is 95.7 Å². The summed E-state index contributed by atoms with van der Waals surface area (Å²) >= 11 is 0. The highest BCUT2D eigenvalue weighted by Gasteiger charge is 2.36. The second-order valence-electron chi connectivity index (χ2n) is 6.13. The lowest BCUT2D eigenvalue weighted by Gasteiger charge is -2.17. The molecule has 3 aromatic rings. The number of aromatic nitrogens is 5. The molecular weight excluding hydrogens is 328 g/mol. The second kappa shape index (κ2) is 6.33. The Kier molecular flexibility index (Phi) is 4.38. The van der Waals surface area contributed by atoms with Gasteiger partial charge in [0.2, 0.25) is 0 Å². The molecule has 2 aromatic heterocycles. The van der Waals surface area contributed by atoms with Crippen LogP contribution in [-0.2, 0) is 5.54 Å². The number of halogens is 1. The van der Waals surface area contributed by atoms with Gasteiger partial charge in [0.25, 0.3) is 5.89 Å². The van der Waals surface area contributed by atoms with Crippen molar-refractivity contribution >= 4 is 12.4 Å². The van der Waals surface area contributed by atoms with Crippen LogP contribution < -0.4 is 5.73 Å². The Morgan fingerprint density at radius 1 is 1.25 bits per heavy atom. The predicted octanol–water partition coefficient (Wildman–Crippen LogP) is 2.78. The number of nitrogens with zero attached hydrogens (tertiary/aromatic N) is 5. The molecule has 2 N–H and O–H groups in total. The highest BCUT2D eigenvalue weighted by molar-refractivity contribution is 5.85. The Morgan fingerprint density at radius 2 is 2.04 bits per heavy atom. The van der Waals surface area contributed by atoms with Crippen molar-refractivity contribution in [2.75, 3.05) is 0 Å². The van der Waals surface area contributed by atoms with Crippen LogP contribution in [0.2, 0.25) is 0 Å². The minimum Gasteiger partial charge on any atom is -0.334 e. The molecule has 1 fully saturated rings. The number of nitrogens with two attached hydrogens (primary N) is 1. The maximum Gasteiger partial charge on any atom is 0.258 e. The van der Waals surface area contributed by atoms with Crippen molar-refractivity contribution in [3.05, 3.63) is 42.2 Å². The summed E-state index contributed by atoms with van der Waals surface area (Å²) in [6.45, 7) is 2.01. The van der Waals surface area contributed by atoms with Gasteiger partial charge in [-0.05, 0) is 43.5 Å². The molecule has 1 saturated carbocycles. The molecule has 0 bridgehead atoms. The van der Waals surface area contributed by atoms with E-state index >= 15 is 0 Å². The van der Waals surface area contributed by atoms with E-state index in [0.29, 0.717) is 11.7 Å². The molecule has 0 radical (unpaired) electrons. The zero-order chi connectivity index (χ0) is 15.9. The molecule has 126 valence electrons. The van der Waals surface area contributed by atoms with E-state index in [1.807, 2.05) is 25.1 Å². The SMILES string of the molecule is Cc1cc(-n2cncn2)ccc1-c1nc(C2(N)CCCC2)no1.Cl. The summed E-state index contributed by atoms with van der Waals surface area (Å²) in [6.07, 6.45) is 7.23. The quantitative estimate of drug-likeness (QED) is 0.783. The highest BCUT2D eigenvalue weighted by atomic mass is 35.5. The minimum absolute atomic E-state index is 0. The summed E-state index contributed by atoms with van der Waals surface area (Å²) in [5.74, 6) is 1.13. The molecule has 1 aromatic carbocycles. The number of rotatable bonds is 3. The van der Waals surface area contributed by atoms with Crippen molar-refractivity contribution in [1.82, 2.24) is 24.9 Å². The van der Waals surface area contributed by atoms with Crippen LogP contribution in [0.4, 0.5) is 0 Å². The van der Waals surface area contributed by atoms with Gasteiger partial charge in [0, 0.05) is 5.56 Å². The first-order chi connectivity index (χ1) is 11.2. The number of hydrogen-bond acceptors (Lipinski definition) is 6. The van der Waals surface area contributed by atoms with Crippen LogP contribution in [0.5, 0.6) is 0 Å². The summed E-state index contributed by atoms with van der Waals surface area (Å²) in [4.78, 5) is 8.51. The summed E-state index contributed by atoms with van der Waals surface area (Å²) < 4.78 is 7.18. The molecule has 4 rings (SSSR count). The van der Waals surface area contributed by atoms with Crippen LogP contribution in [0.1, 0.15) is 37.1 Å². The van der Waals surface area contributed by atoms with Crippen molar-refractivity contribution in [3.8, 4) is 17.1 Å². The molecule has 2 heterocycles. The average molecular weight is 347 g/mol. The van der Waals surface area contributed by atoms with Crippen LogP contribution in [0.25, 0.3) is 17.1 Å². The monoisotopic (exact) mass is 346 g/mol. The van der Waals surface area contributed by atoms with E-state index in [1.54, 1.807) is 11.0 Å². The normalized spacial score (nSPS) is 16.1. The molecule has 1 aliphatic rings. The minimum atomic E-state index is -0.434. The molecule has 7 nitrogen and oxygen atoms in total. The van der Waals surface area contributed by atoms with Crippen molar-refractivity contribution in [1.29, 1.82) is 0 Å². The molecule has 0 amide bonds. The second-order valence-corrected chi connectivity index (χ2v) is 6.13. The predicted molar refractivity (Wildman–Crippen MR) is 91.0 cm³/mol. The third-order valence-corrected chi connectivity index (χ3v) is 4.49. The van der Waals surface area contributed by atoms with Crippen molar-refractivity contribution < 1.29 is 4.52 Å². The van der Waals surface area contributed by atoms with Gasteiger partial charge in [0.15, 0.2) is 5.82 Å². The molecule has 0 atom stereocenters. The van der Waals surface area contributed by atoms with Gasteiger partial charge in [-0.3, -0.25) is 0 Å². The molecule has 0 spiro atoms. The molecular formula is C16H19ClN6O. The van der Waals surface area contributed by atoms with Crippen LogP contribution in [0.3, 0.4) is 0 Å². The van der Waals surface area contributed by atoms with Gasteiger partial charge in [-0.1, -0.05) is 18.0 Å². The van der Waals surface area contributed by atoms with E-state index in [9.17, 15) is 0 Å². The molecule has 1 aliphatic carbocycles. The van der Waals surface area contributed by atoms with Gasteiger partial charge in [-0.2, -0.15) is 10.1 Å². The zero-order valence-electron chi connectivity index (χ0n) is 13.3. The molecule has 0 unspecified atom stereocenters. The van der Waals surface area contributed by atoms with Gasteiger partial charge >= 0.3 is 0 Å². The number of benzene rings is 1. The fourth-order valence-corrected chi connectivity index (χ4v) is 3.14. The van der Waals surface area contributed by atoms with Gasteiger partial charge in [-0.15, -0.1) is 12.4 Å². The first kappa shape index (κ1) is 16.6. The first-order valence-electron chi connectivity index (χ1n) is 7.75. The Labute approximate surface area is 145 Å². The summed E-state index contributed by atoms with van der Waals surface area (Å²) in [7, 11) is 0. The van der Waals surface area contributed by atoms with E-state index in [2.05, 4.69) is 20.2 Å². The van der Waals surface area contributed by atoms with Gasteiger partial charge in [0.05, 0.1) is 11.2 Å². The fourth-order valence-electron chi connectivity index (χ4n) is 3.14. The van der Waals surface area contributed by atoms with E-state index in [0.717, 1.165) is 42.5 Å². The average Bonchev–Trinajstić information content (AvgIpc) is 3.29. The zero-order valence-corrected chi connectivity index (χ0v) is 14.2. The Bertz CT molecular complexity index is 823. The Balaban J connectivity index is 0.00000169. The Morgan fingerprint density at radius 3 is 2.71 bits per heavy atom. The van der Waals surface area contributed by atoms with Crippen molar-refractivity contribution in [3.63, 3.8) is 0 Å². The molecule has 8 heteroatoms. The van der Waals surface area contributed by atoms with Crippen LogP contribution in [0, 0.1) is 6.92 Å². The maximum atomic E-state index is 6.39. The number of hydrogen-bond donors (Lipinski definition) is 1.